The van der Waals surface area contributed by atoms with Gasteiger partial charge in [-0.05, 0) is 40.0 Å². The molecule has 0 spiro atoms. The van der Waals surface area contributed by atoms with Crippen molar-refractivity contribution in [2.45, 2.75) is 19.8 Å². The lowest BCUT2D eigenvalue weighted by atomic mass is 10.1. The molecular formula is C13H14BrN3O2. The molecule has 1 aromatic carbocycles. The number of phenols is 1. The van der Waals surface area contributed by atoms with Gasteiger partial charge in [0, 0.05) is 17.3 Å². The summed E-state index contributed by atoms with van der Waals surface area (Å²) in [7, 11) is 0. The molecule has 0 fully saturated rings. The smallest absolute Gasteiger partial charge is 0.256 e. The zero-order chi connectivity index (χ0) is 14.0. The third kappa shape index (κ3) is 3.14. The molecule has 6 heteroatoms. The Kier molecular flexibility index (Phi) is 3.90. The molecule has 2 aromatic rings. The lowest BCUT2D eigenvalue weighted by molar-refractivity contribution is 0.102. The van der Waals surface area contributed by atoms with E-state index < -0.39 is 0 Å². The van der Waals surface area contributed by atoms with E-state index in [0.29, 0.717) is 21.8 Å². The quantitative estimate of drug-likeness (QED) is 0.811. The van der Waals surface area contributed by atoms with Gasteiger partial charge in [0.1, 0.15) is 5.75 Å². The fraction of sp³-hybridized carbons (Fsp3) is 0.231. The van der Waals surface area contributed by atoms with E-state index in [2.05, 4.69) is 31.4 Å². The number of benzene rings is 1. The second-order valence-electron chi connectivity index (χ2n) is 4.48. The van der Waals surface area contributed by atoms with Crippen molar-refractivity contribution in [3.05, 3.63) is 40.0 Å². The molecule has 2 rings (SSSR count). The second kappa shape index (κ2) is 5.44. The van der Waals surface area contributed by atoms with Gasteiger partial charge in [-0.15, -0.1) is 0 Å². The standard InChI is InChI=1S/C13H14BrN3O2/c1-7(2)10-6-12(17-16-10)15-13(19)8-3-4-9(14)11(18)5-8/h3-7,18H,1-2H3,(H2,15,16,17,19). The Morgan fingerprint density at radius 3 is 2.74 bits per heavy atom. The fourth-order valence-electron chi connectivity index (χ4n) is 1.54. The van der Waals surface area contributed by atoms with Gasteiger partial charge in [-0.1, -0.05) is 13.8 Å². The zero-order valence-corrected chi connectivity index (χ0v) is 12.2. The normalized spacial score (nSPS) is 10.7. The molecule has 1 amide bonds. The van der Waals surface area contributed by atoms with Crippen molar-refractivity contribution < 1.29 is 9.90 Å². The number of aromatic amines is 1. The van der Waals surface area contributed by atoms with Crippen LogP contribution in [0.5, 0.6) is 5.75 Å². The maximum absolute atomic E-state index is 12.0. The number of hydrogen-bond donors (Lipinski definition) is 3. The summed E-state index contributed by atoms with van der Waals surface area (Å²) < 4.78 is 0.547. The van der Waals surface area contributed by atoms with E-state index in [1.807, 2.05) is 13.8 Å². The summed E-state index contributed by atoms with van der Waals surface area (Å²) in [6, 6.07) is 6.43. The zero-order valence-electron chi connectivity index (χ0n) is 10.6. The van der Waals surface area contributed by atoms with Crippen molar-refractivity contribution in [2.24, 2.45) is 0 Å². The second-order valence-corrected chi connectivity index (χ2v) is 5.34. The molecule has 0 radical (unpaired) electrons. The highest BCUT2D eigenvalue weighted by Gasteiger charge is 2.11. The minimum atomic E-state index is -0.315. The molecule has 0 aliphatic carbocycles. The first-order valence-corrected chi connectivity index (χ1v) is 6.62. The van der Waals surface area contributed by atoms with E-state index in [0.717, 1.165) is 5.69 Å². The Morgan fingerprint density at radius 2 is 2.16 bits per heavy atom. The Morgan fingerprint density at radius 1 is 1.42 bits per heavy atom. The Labute approximate surface area is 119 Å². The number of phenolic OH excluding ortho intramolecular Hbond substituents is 1. The highest BCUT2D eigenvalue weighted by atomic mass is 79.9. The van der Waals surface area contributed by atoms with E-state index in [9.17, 15) is 9.90 Å². The number of aromatic nitrogens is 2. The number of nitrogens with zero attached hydrogens (tertiary/aromatic N) is 1. The van der Waals surface area contributed by atoms with Gasteiger partial charge in [0.2, 0.25) is 0 Å². The lowest BCUT2D eigenvalue weighted by Gasteiger charge is -2.03. The van der Waals surface area contributed by atoms with E-state index in [1.54, 1.807) is 18.2 Å². The molecule has 100 valence electrons. The van der Waals surface area contributed by atoms with Crippen LogP contribution in [0, 0.1) is 0 Å². The van der Waals surface area contributed by atoms with Crippen LogP contribution in [0.3, 0.4) is 0 Å². The SMILES string of the molecule is CC(C)c1cc(NC(=O)c2ccc(Br)c(O)c2)n[nH]1. The van der Waals surface area contributed by atoms with Crippen LogP contribution in [-0.2, 0) is 0 Å². The van der Waals surface area contributed by atoms with Crippen LogP contribution >= 0.6 is 15.9 Å². The van der Waals surface area contributed by atoms with Gasteiger partial charge in [-0.25, -0.2) is 0 Å². The van der Waals surface area contributed by atoms with Crippen LogP contribution in [0.1, 0.15) is 35.8 Å². The Bertz CT molecular complexity index is 608. The molecule has 0 aliphatic heterocycles. The number of halogens is 1. The van der Waals surface area contributed by atoms with Gasteiger partial charge in [0.05, 0.1) is 4.47 Å². The number of anilines is 1. The van der Waals surface area contributed by atoms with Gasteiger partial charge in [-0.2, -0.15) is 5.10 Å². The highest BCUT2D eigenvalue weighted by Crippen LogP contribution is 2.24. The van der Waals surface area contributed by atoms with Gasteiger partial charge in [0.15, 0.2) is 5.82 Å². The van der Waals surface area contributed by atoms with E-state index >= 15 is 0 Å². The van der Waals surface area contributed by atoms with Crippen molar-refractivity contribution in [1.82, 2.24) is 10.2 Å². The topological polar surface area (TPSA) is 78.0 Å². The van der Waals surface area contributed by atoms with Crippen LogP contribution in [0.2, 0.25) is 0 Å². The van der Waals surface area contributed by atoms with E-state index in [4.69, 9.17) is 0 Å². The molecule has 0 atom stereocenters. The monoisotopic (exact) mass is 323 g/mol. The Hall–Kier alpha value is -1.82. The molecule has 0 bridgehead atoms. The third-order valence-electron chi connectivity index (χ3n) is 2.67. The van der Waals surface area contributed by atoms with Crippen molar-refractivity contribution >= 4 is 27.7 Å². The number of rotatable bonds is 3. The number of H-pyrrole nitrogens is 1. The minimum absolute atomic E-state index is 0.0255. The number of amides is 1. The molecule has 5 nitrogen and oxygen atoms in total. The van der Waals surface area contributed by atoms with Crippen molar-refractivity contribution in [3.8, 4) is 5.75 Å². The van der Waals surface area contributed by atoms with Crippen molar-refractivity contribution in [3.63, 3.8) is 0 Å². The van der Waals surface area contributed by atoms with Gasteiger partial charge >= 0.3 is 0 Å². The summed E-state index contributed by atoms with van der Waals surface area (Å²) in [6.07, 6.45) is 0. The summed E-state index contributed by atoms with van der Waals surface area (Å²) >= 11 is 3.17. The summed E-state index contributed by atoms with van der Waals surface area (Å²) in [5.74, 6) is 0.494. The number of hydrogen-bond acceptors (Lipinski definition) is 3. The minimum Gasteiger partial charge on any atom is -0.507 e. The first-order valence-electron chi connectivity index (χ1n) is 5.82. The van der Waals surface area contributed by atoms with Gasteiger partial charge < -0.3 is 10.4 Å². The number of aromatic hydroxyl groups is 1. The van der Waals surface area contributed by atoms with Crippen molar-refractivity contribution in [2.75, 3.05) is 5.32 Å². The summed E-state index contributed by atoms with van der Waals surface area (Å²) in [5.41, 5.74) is 1.32. The molecular weight excluding hydrogens is 310 g/mol. The Balaban J connectivity index is 2.13. The molecule has 0 aliphatic rings. The average molecular weight is 324 g/mol. The summed E-state index contributed by atoms with van der Waals surface area (Å²) in [4.78, 5) is 12.0. The van der Waals surface area contributed by atoms with Crippen LogP contribution in [0.15, 0.2) is 28.7 Å². The maximum atomic E-state index is 12.0. The largest absolute Gasteiger partial charge is 0.507 e. The molecule has 19 heavy (non-hydrogen) atoms. The average Bonchev–Trinajstić information content (AvgIpc) is 2.81. The number of nitrogens with one attached hydrogen (secondary N) is 2. The van der Waals surface area contributed by atoms with Crippen molar-refractivity contribution in [1.29, 1.82) is 0 Å². The number of carbonyl (C=O) groups is 1. The molecule has 1 heterocycles. The summed E-state index contributed by atoms with van der Waals surface area (Å²) in [5, 5.41) is 19.1. The third-order valence-corrected chi connectivity index (χ3v) is 3.34. The predicted octanol–water partition coefficient (Wildman–Crippen LogP) is 3.25. The van der Waals surface area contributed by atoms with E-state index in [-0.39, 0.29) is 11.7 Å². The lowest BCUT2D eigenvalue weighted by Crippen LogP contribution is -2.12. The highest BCUT2D eigenvalue weighted by molar-refractivity contribution is 9.10. The first-order chi connectivity index (χ1) is 8.97. The number of carbonyl (C=O) groups excluding carboxylic acids is 1. The van der Waals surface area contributed by atoms with Crippen LogP contribution in [-0.4, -0.2) is 21.2 Å². The van der Waals surface area contributed by atoms with E-state index in [1.165, 1.54) is 6.07 Å². The van der Waals surface area contributed by atoms with Gasteiger partial charge in [0.25, 0.3) is 5.91 Å². The molecule has 0 saturated heterocycles. The van der Waals surface area contributed by atoms with Crippen LogP contribution in [0.4, 0.5) is 5.82 Å². The molecule has 3 N–H and O–H groups in total. The molecule has 0 unspecified atom stereocenters. The van der Waals surface area contributed by atoms with Gasteiger partial charge in [-0.3, -0.25) is 9.89 Å². The first kappa shape index (κ1) is 13.6. The predicted molar refractivity (Wildman–Crippen MR) is 76.4 cm³/mol. The molecule has 0 saturated carbocycles. The van der Waals surface area contributed by atoms with Crippen LogP contribution in [0.25, 0.3) is 0 Å². The van der Waals surface area contributed by atoms with Crippen LogP contribution < -0.4 is 5.32 Å². The maximum Gasteiger partial charge on any atom is 0.256 e. The molecule has 1 aromatic heterocycles. The summed E-state index contributed by atoms with van der Waals surface area (Å²) in [6.45, 7) is 4.07. The fourth-order valence-corrected chi connectivity index (χ4v) is 1.79.